The first kappa shape index (κ1) is 18.3. The predicted octanol–water partition coefficient (Wildman–Crippen LogP) is 8.17. The topological polar surface area (TPSA) is 12.9 Å². The van der Waals surface area contributed by atoms with Crippen LogP contribution in [-0.2, 0) is 6.42 Å². The second kappa shape index (κ2) is 6.67. The molecule has 5 aromatic rings. The zero-order chi connectivity index (χ0) is 20.2. The molecule has 0 atom stereocenters. The highest BCUT2D eigenvalue weighted by Gasteiger charge is 2.15. The number of hydrogen-bond donors (Lipinski definition) is 0. The van der Waals surface area contributed by atoms with Gasteiger partial charge in [-0.1, -0.05) is 68.8 Å². The van der Waals surface area contributed by atoms with Gasteiger partial charge in [-0.25, -0.2) is 0 Å². The molecule has 0 saturated carbocycles. The van der Waals surface area contributed by atoms with Crippen LogP contribution < -0.4 is 0 Å². The van der Waals surface area contributed by atoms with Crippen molar-refractivity contribution in [2.75, 3.05) is 0 Å². The third kappa shape index (κ3) is 3.42. The van der Waals surface area contributed by atoms with Crippen molar-refractivity contribution in [1.82, 2.24) is 4.98 Å². The van der Waals surface area contributed by atoms with Gasteiger partial charge in [0.25, 0.3) is 0 Å². The summed E-state index contributed by atoms with van der Waals surface area (Å²) in [6.07, 6.45) is 3.04. The first-order valence-corrected chi connectivity index (χ1v) is 11.0. The summed E-state index contributed by atoms with van der Waals surface area (Å²) in [5.74, 6) is 0. The van der Waals surface area contributed by atoms with Gasteiger partial charge in [0.05, 0.1) is 10.4 Å². The van der Waals surface area contributed by atoms with Crippen molar-refractivity contribution in [1.29, 1.82) is 0 Å². The van der Waals surface area contributed by atoms with Gasteiger partial charge in [0, 0.05) is 27.2 Å². The average Bonchev–Trinajstić information content (AvgIpc) is 3.03. The standard InChI is InChI=1S/C27H25NS/c1-17-5-7-19-8-9-20(15-21(19)13-17)25-26-23(11-12-28-25)22-10-6-18(14-24(22)29-26)16-27(2,3)4/h5-15H,16H2,1-4H3. The molecule has 0 aliphatic rings. The first-order valence-electron chi connectivity index (χ1n) is 10.2. The molecular weight excluding hydrogens is 370 g/mol. The number of benzene rings is 3. The van der Waals surface area contributed by atoms with E-state index in [4.69, 9.17) is 4.98 Å². The van der Waals surface area contributed by atoms with Gasteiger partial charge in [0.1, 0.15) is 0 Å². The number of hydrogen-bond acceptors (Lipinski definition) is 2. The summed E-state index contributed by atoms with van der Waals surface area (Å²) in [7, 11) is 0. The molecule has 0 radical (unpaired) electrons. The highest BCUT2D eigenvalue weighted by Crippen LogP contribution is 2.40. The van der Waals surface area contributed by atoms with E-state index >= 15 is 0 Å². The minimum absolute atomic E-state index is 0.292. The summed E-state index contributed by atoms with van der Waals surface area (Å²) in [4.78, 5) is 4.79. The molecule has 3 aromatic carbocycles. The Morgan fingerprint density at radius 3 is 2.48 bits per heavy atom. The van der Waals surface area contributed by atoms with E-state index in [1.807, 2.05) is 17.5 Å². The third-order valence-electron chi connectivity index (χ3n) is 5.46. The molecule has 0 fully saturated rings. The molecule has 0 spiro atoms. The number of nitrogens with zero attached hydrogens (tertiary/aromatic N) is 1. The average molecular weight is 396 g/mol. The van der Waals surface area contributed by atoms with Crippen molar-refractivity contribution in [2.45, 2.75) is 34.1 Å². The number of thiophene rings is 1. The summed E-state index contributed by atoms with van der Waals surface area (Å²) in [5.41, 5.74) is 5.27. The van der Waals surface area contributed by atoms with Crippen molar-refractivity contribution >= 4 is 42.3 Å². The van der Waals surface area contributed by atoms with Crippen LogP contribution in [0.3, 0.4) is 0 Å². The molecule has 144 valence electrons. The molecule has 1 nitrogen and oxygen atoms in total. The summed E-state index contributed by atoms with van der Waals surface area (Å²) in [6.45, 7) is 9.04. The Kier molecular flexibility index (Phi) is 4.22. The Bertz CT molecular complexity index is 1370. The highest BCUT2D eigenvalue weighted by atomic mass is 32.1. The van der Waals surface area contributed by atoms with Crippen LogP contribution >= 0.6 is 11.3 Å². The minimum Gasteiger partial charge on any atom is -0.255 e. The fourth-order valence-corrected chi connectivity index (χ4v) is 5.46. The lowest BCUT2D eigenvalue weighted by atomic mass is 9.88. The molecule has 0 aliphatic heterocycles. The molecule has 29 heavy (non-hydrogen) atoms. The van der Waals surface area contributed by atoms with E-state index in [-0.39, 0.29) is 0 Å². The summed E-state index contributed by atoms with van der Waals surface area (Å²) in [6, 6.07) is 22.4. The van der Waals surface area contributed by atoms with Gasteiger partial charge < -0.3 is 0 Å². The van der Waals surface area contributed by atoms with E-state index in [9.17, 15) is 0 Å². The van der Waals surface area contributed by atoms with Gasteiger partial charge in [-0.2, -0.15) is 0 Å². The lowest BCUT2D eigenvalue weighted by Crippen LogP contribution is -2.08. The van der Waals surface area contributed by atoms with Crippen LogP contribution in [0.25, 0.3) is 42.2 Å². The lowest BCUT2D eigenvalue weighted by molar-refractivity contribution is 0.411. The van der Waals surface area contributed by atoms with Gasteiger partial charge in [0.2, 0.25) is 0 Å². The SMILES string of the molecule is Cc1ccc2ccc(-c3nccc4c3sc3cc(CC(C)(C)C)ccc34)cc2c1. The summed E-state index contributed by atoms with van der Waals surface area (Å²) in [5, 5.41) is 5.19. The molecule has 0 aliphatic carbocycles. The van der Waals surface area contributed by atoms with E-state index in [0.29, 0.717) is 5.41 Å². The minimum atomic E-state index is 0.292. The maximum absolute atomic E-state index is 4.79. The monoisotopic (exact) mass is 395 g/mol. The first-order chi connectivity index (χ1) is 13.9. The second-order valence-electron chi connectivity index (χ2n) is 9.27. The molecule has 0 amide bonds. The van der Waals surface area contributed by atoms with Crippen molar-refractivity contribution in [2.24, 2.45) is 5.41 Å². The van der Waals surface area contributed by atoms with Crippen LogP contribution in [0.4, 0.5) is 0 Å². The second-order valence-corrected chi connectivity index (χ2v) is 10.3. The molecular formula is C27H25NS. The predicted molar refractivity (Wildman–Crippen MR) is 128 cm³/mol. The van der Waals surface area contributed by atoms with Gasteiger partial charge in [-0.3, -0.25) is 4.98 Å². The van der Waals surface area contributed by atoms with Crippen LogP contribution in [0, 0.1) is 12.3 Å². The van der Waals surface area contributed by atoms with Crippen molar-refractivity contribution in [3.63, 3.8) is 0 Å². The smallest absolute Gasteiger partial charge is 0.0880 e. The summed E-state index contributed by atoms with van der Waals surface area (Å²) >= 11 is 1.87. The Morgan fingerprint density at radius 2 is 1.66 bits per heavy atom. The maximum atomic E-state index is 4.79. The Balaban J connectivity index is 1.69. The fraction of sp³-hybridized carbons (Fsp3) is 0.222. The Labute approximate surface area is 176 Å². The van der Waals surface area contributed by atoms with Crippen LogP contribution in [0.15, 0.2) is 66.9 Å². The number of aromatic nitrogens is 1. The van der Waals surface area contributed by atoms with Crippen molar-refractivity contribution in [3.05, 3.63) is 78.0 Å². The van der Waals surface area contributed by atoms with Crippen LogP contribution in [0.2, 0.25) is 0 Å². The Hall–Kier alpha value is -2.71. The normalized spacial score (nSPS) is 12.3. The van der Waals surface area contributed by atoms with E-state index in [2.05, 4.69) is 88.4 Å². The van der Waals surface area contributed by atoms with Crippen LogP contribution in [-0.4, -0.2) is 4.98 Å². The largest absolute Gasteiger partial charge is 0.255 e. The van der Waals surface area contributed by atoms with E-state index in [0.717, 1.165) is 12.1 Å². The Morgan fingerprint density at radius 1 is 0.828 bits per heavy atom. The molecule has 2 aromatic heterocycles. The molecule has 0 N–H and O–H groups in total. The molecule has 2 heteroatoms. The maximum Gasteiger partial charge on any atom is 0.0880 e. The van der Waals surface area contributed by atoms with Crippen LogP contribution in [0.5, 0.6) is 0 Å². The zero-order valence-electron chi connectivity index (χ0n) is 17.4. The van der Waals surface area contributed by atoms with Gasteiger partial charge in [0.15, 0.2) is 0 Å². The molecule has 5 rings (SSSR count). The van der Waals surface area contributed by atoms with E-state index in [1.165, 1.54) is 47.6 Å². The highest BCUT2D eigenvalue weighted by molar-refractivity contribution is 7.26. The summed E-state index contributed by atoms with van der Waals surface area (Å²) < 4.78 is 2.63. The van der Waals surface area contributed by atoms with Gasteiger partial charge in [-0.15, -0.1) is 11.3 Å². The molecule has 0 bridgehead atoms. The third-order valence-corrected chi connectivity index (χ3v) is 6.63. The van der Waals surface area contributed by atoms with Crippen molar-refractivity contribution in [3.8, 4) is 11.3 Å². The van der Waals surface area contributed by atoms with Crippen LogP contribution in [0.1, 0.15) is 31.9 Å². The quantitative estimate of drug-likeness (QED) is 0.294. The van der Waals surface area contributed by atoms with Gasteiger partial charge in [-0.05, 0) is 53.3 Å². The molecule has 0 saturated heterocycles. The molecule has 2 heterocycles. The number of rotatable bonds is 2. The number of fused-ring (bicyclic) bond motifs is 4. The molecule has 0 unspecified atom stereocenters. The fourth-order valence-electron chi connectivity index (χ4n) is 4.19. The van der Waals surface area contributed by atoms with Gasteiger partial charge >= 0.3 is 0 Å². The lowest BCUT2D eigenvalue weighted by Gasteiger charge is -2.17. The number of aryl methyl sites for hydroxylation is 1. The van der Waals surface area contributed by atoms with Crippen molar-refractivity contribution < 1.29 is 0 Å². The van der Waals surface area contributed by atoms with E-state index < -0.39 is 0 Å². The zero-order valence-corrected chi connectivity index (χ0v) is 18.2. The van der Waals surface area contributed by atoms with E-state index in [1.54, 1.807) is 0 Å². The number of pyridine rings is 1.